The Balaban J connectivity index is 1.31. The Kier molecular flexibility index (Phi) is 4.52. The quantitative estimate of drug-likeness (QED) is 0.845. The standard InChI is InChI=1S/C21H21N3O2/c25-20(9-8-15-5-4-10-22-13-15)23-17-11-21(26)24(14-17)19-12-18(19)16-6-2-1-3-7-16/h1-10,13,17-19H,11-12,14H2,(H,23,25)/b9-8-/t17-,18-,19-/m1/s1. The van der Waals surface area contributed by atoms with E-state index in [1.165, 1.54) is 11.6 Å². The Hall–Kier alpha value is -2.95. The molecule has 2 aromatic rings. The summed E-state index contributed by atoms with van der Waals surface area (Å²) in [6.07, 6.45) is 8.00. The molecule has 2 amide bonds. The summed E-state index contributed by atoms with van der Waals surface area (Å²) in [4.78, 5) is 30.4. The predicted octanol–water partition coefficient (Wildman–Crippen LogP) is 2.37. The van der Waals surface area contributed by atoms with Crippen LogP contribution in [0.1, 0.15) is 29.9 Å². The molecule has 1 aliphatic carbocycles. The Morgan fingerprint density at radius 2 is 2.04 bits per heavy atom. The molecule has 1 aromatic carbocycles. The average Bonchev–Trinajstić information content (AvgIpc) is 3.38. The molecule has 5 nitrogen and oxygen atoms in total. The summed E-state index contributed by atoms with van der Waals surface area (Å²) in [6, 6.07) is 14.2. The normalized spacial score (nSPS) is 24.8. The summed E-state index contributed by atoms with van der Waals surface area (Å²) in [7, 11) is 0. The second-order valence-electron chi connectivity index (χ2n) is 6.90. The number of carbonyl (C=O) groups is 2. The molecule has 1 aliphatic heterocycles. The van der Waals surface area contributed by atoms with Crippen LogP contribution in [0.5, 0.6) is 0 Å². The van der Waals surface area contributed by atoms with Gasteiger partial charge in [0.25, 0.3) is 0 Å². The van der Waals surface area contributed by atoms with E-state index in [1.54, 1.807) is 18.5 Å². The Labute approximate surface area is 152 Å². The third-order valence-corrected chi connectivity index (χ3v) is 5.00. The third kappa shape index (κ3) is 3.67. The molecular formula is C21H21N3O2. The number of hydrogen-bond donors (Lipinski definition) is 1. The highest BCUT2D eigenvalue weighted by Gasteiger charge is 2.47. The molecule has 1 N–H and O–H groups in total. The van der Waals surface area contributed by atoms with Gasteiger partial charge in [-0.05, 0) is 29.7 Å². The topological polar surface area (TPSA) is 62.3 Å². The van der Waals surface area contributed by atoms with E-state index in [2.05, 4.69) is 22.4 Å². The van der Waals surface area contributed by atoms with Crippen molar-refractivity contribution in [1.82, 2.24) is 15.2 Å². The molecule has 5 heteroatoms. The highest BCUT2D eigenvalue weighted by Crippen LogP contribution is 2.45. The van der Waals surface area contributed by atoms with Gasteiger partial charge in [-0.25, -0.2) is 0 Å². The molecule has 0 radical (unpaired) electrons. The lowest BCUT2D eigenvalue weighted by atomic mass is 10.1. The lowest BCUT2D eigenvalue weighted by molar-refractivity contribution is -0.128. The molecule has 3 atom stereocenters. The van der Waals surface area contributed by atoms with Crippen molar-refractivity contribution in [3.63, 3.8) is 0 Å². The number of nitrogens with one attached hydrogen (secondary N) is 1. The number of aromatic nitrogens is 1. The molecule has 2 heterocycles. The van der Waals surface area contributed by atoms with Gasteiger partial charge < -0.3 is 10.2 Å². The fraction of sp³-hybridized carbons (Fsp3) is 0.286. The lowest BCUT2D eigenvalue weighted by Crippen LogP contribution is -2.37. The van der Waals surface area contributed by atoms with E-state index >= 15 is 0 Å². The monoisotopic (exact) mass is 347 g/mol. The highest BCUT2D eigenvalue weighted by molar-refractivity contribution is 5.92. The smallest absolute Gasteiger partial charge is 0.244 e. The SMILES string of the molecule is O=C(/C=C\c1cccnc1)N[C@@H]1CC(=O)N([C@@H]2C[C@@H]2c2ccccc2)C1. The van der Waals surface area contributed by atoms with E-state index < -0.39 is 0 Å². The molecule has 1 aromatic heterocycles. The number of amides is 2. The van der Waals surface area contributed by atoms with Gasteiger partial charge in [-0.1, -0.05) is 36.4 Å². The van der Waals surface area contributed by atoms with Crippen LogP contribution in [0.2, 0.25) is 0 Å². The summed E-state index contributed by atoms with van der Waals surface area (Å²) in [6.45, 7) is 0.597. The van der Waals surface area contributed by atoms with E-state index in [0.29, 0.717) is 18.9 Å². The predicted molar refractivity (Wildman–Crippen MR) is 99.1 cm³/mol. The fourth-order valence-corrected chi connectivity index (χ4v) is 3.63. The zero-order valence-electron chi connectivity index (χ0n) is 14.4. The van der Waals surface area contributed by atoms with Gasteiger partial charge in [0.2, 0.25) is 11.8 Å². The van der Waals surface area contributed by atoms with Crippen molar-refractivity contribution in [2.24, 2.45) is 0 Å². The minimum Gasteiger partial charge on any atom is -0.348 e. The van der Waals surface area contributed by atoms with Crippen LogP contribution in [0.25, 0.3) is 6.08 Å². The summed E-state index contributed by atoms with van der Waals surface area (Å²) in [5.74, 6) is 0.388. The molecule has 2 aliphatic rings. The van der Waals surface area contributed by atoms with Crippen LogP contribution >= 0.6 is 0 Å². The molecular weight excluding hydrogens is 326 g/mol. The maximum Gasteiger partial charge on any atom is 0.244 e. The van der Waals surface area contributed by atoms with Gasteiger partial charge in [0, 0.05) is 43.4 Å². The van der Waals surface area contributed by atoms with Crippen LogP contribution in [0, 0.1) is 0 Å². The molecule has 0 unspecified atom stereocenters. The van der Waals surface area contributed by atoms with Gasteiger partial charge in [-0.15, -0.1) is 0 Å². The second kappa shape index (κ2) is 7.12. The van der Waals surface area contributed by atoms with Crippen LogP contribution in [0.4, 0.5) is 0 Å². The van der Waals surface area contributed by atoms with E-state index in [0.717, 1.165) is 12.0 Å². The van der Waals surface area contributed by atoms with Crippen LogP contribution in [-0.2, 0) is 9.59 Å². The van der Waals surface area contributed by atoms with Crippen molar-refractivity contribution >= 4 is 17.9 Å². The molecule has 132 valence electrons. The fourth-order valence-electron chi connectivity index (χ4n) is 3.63. The summed E-state index contributed by atoms with van der Waals surface area (Å²) in [5.41, 5.74) is 2.16. The minimum atomic E-state index is -0.177. The highest BCUT2D eigenvalue weighted by atomic mass is 16.2. The van der Waals surface area contributed by atoms with Crippen molar-refractivity contribution in [3.8, 4) is 0 Å². The summed E-state index contributed by atoms with van der Waals surface area (Å²) in [5, 5.41) is 2.94. The number of likely N-dealkylation sites (tertiary alicyclic amines) is 1. The first-order valence-corrected chi connectivity index (χ1v) is 8.94. The molecule has 1 saturated heterocycles. The molecule has 26 heavy (non-hydrogen) atoms. The molecule has 1 saturated carbocycles. The van der Waals surface area contributed by atoms with E-state index in [1.807, 2.05) is 35.2 Å². The molecule has 2 fully saturated rings. The zero-order valence-corrected chi connectivity index (χ0v) is 14.4. The number of rotatable bonds is 5. The van der Waals surface area contributed by atoms with Crippen LogP contribution < -0.4 is 5.32 Å². The molecule has 0 spiro atoms. The summed E-state index contributed by atoms with van der Waals surface area (Å²) >= 11 is 0. The maximum atomic E-state index is 12.4. The summed E-state index contributed by atoms with van der Waals surface area (Å²) < 4.78 is 0. The maximum absolute atomic E-state index is 12.4. The third-order valence-electron chi connectivity index (χ3n) is 5.00. The minimum absolute atomic E-state index is 0.120. The molecule has 4 rings (SSSR count). The van der Waals surface area contributed by atoms with E-state index in [4.69, 9.17) is 0 Å². The van der Waals surface area contributed by atoms with E-state index in [9.17, 15) is 9.59 Å². The van der Waals surface area contributed by atoms with Crippen LogP contribution in [0.3, 0.4) is 0 Å². The number of pyridine rings is 1. The van der Waals surface area contributed by atoms with Crippen molar-refractivity contribution in [2.75, 3.05) is 6.54 Å². The molecule has 0 bridgehead atoms. The van der Waals surface area contributed by atoms with Gasteiger partial charge in [-0.3, -0.25) is 14.6 Å². The number of carbonyl (C=O) groups excluding carboxylic acids is 2. The van der Waals surface area contributed by atoms with Gasteiger partial charge in [-0.2, -0.15) is 0 Å². The largest absolute Gasteiger partial charge is 0.348 e. The second-order valence-corrected chi connectivity index (χ2v) is 6.90. The van der Waals surface area contributed by atoms with Gasteiger partial charge in [0.1, 0.15) is 0 Å². The number of hydrogen-bond acceptors (Lipinski definition) is 3. The number of nitrogens with zero attached hydrogens (tertiary/aromatic N) is 2. The van der Waals surface area contributed by atoms with Crippen LogP contribution in [0.15, 0.2) is 60.9 Å². The zero-order chi connectivity index (χ0) is 17.9. The Morgan fingerprint density at radius 1 is 1.19 bits per heavy atom. The lowest BCUT2D eigenvalue weighted by Gasteiger charge is -2.17. The van der Waals surface area contributed by atoms with Crippen molar-refractivity contribution in [3.05, 3.63) is 72.1 Å². The first-order chi connectivity index (χ1) is 12.7. The van der Waals surface area contributed by atoms with Crippen molar-refractivity contribution in [2.45, 2.75) is 30.8 Å². The van der Waals surface area contributed by atoms with Gasteiger partial charge in [0.05, 0.1) is 6.04 Å². The van der Waals surface area contributed by atoms with Crippen LogP contribution in [-0.4, -0.2) is 40.3 Å². The van der Waals surface area contributed by atoms with Crippen molar-refractivity contribution < 1.29 is 9.59 Å². The first-order valence-electron chi connectivity index (χ1n) is 8.94. The Bertz CT molecular complexity index is 820. The van der Waals surface area contributed by atoms with Gasteiger partial charge in [0.15, 0.2) is 0 Å². The van der Waals surface area contributed by atoms with E-state index in [-0.39, 0.29) is 23.9 Å². The van der Waals surface area contributed by atoms with Crippen molar-refractivity contribution in [1.29, 1.82) is 0 Å². The first kappa shape index (κ1) is 16.5. The average molecular weight is 347 g/mol. The number of benzene rings is 1. The Morgan fingerprint density at radius 3 is 2.81 bits per heavy atom. The van der Waals surface area contributed by atoms with Gasteiger partial charge >= 0.3 is 0 Å².